The van der Waals surface area contributed by atoms with E-state index in [0.717, 1.165) is 5.56 Å². The second kappa shape index (κ2) is 6.45. The highest BCUT2D eigenvalue weighted by atomic mass is 19.1. The van der Waals surface area contributed by atoms with Gasteiger partial charge in [0.1, 0.15) is 18.2 Å². The monoisotopic (exact) mass is 227 g/mol. The molecule has 0 aliphatic rings. The second-order valence-corrected chi connectivity index (χ2v) is 3.52. The van der Waals surface area contributed by atoms with Crippen molar-refractivity contribution in [2.45, 2.75) is 19.9 Å². The van der Waals surface area contributed by atoms with Crippen molar-refractivity contribution < 1.29 is 13.9 Å². The van der Waals surface area contributed by atoms with Gasteiger partial charge in [0.25, 0.3) is 0 Å². The summed E-state index contributed by atoms with van der Waals surface area (Å²) in [6.07, 6.45) is 0. The molecule has 0 fully saturated rings. The number of rotatable bonds is 6. The van der Waals surface area contributed by atoms with Crippen molar-refractivity contribution in [3.05, 3.63) is 29.6 Å². The average Bonchev–Trinajstić information content (AvgIpc) is 2.24. The van der Waals surface area contributed by atoms with Crippen LogP contribution in [0.1, 0.15) is 25.5 Å². The summed E-state index contributed by atoms with van der Waals surface area (Å²) < 4.78 is 23.6. The van der Waals surface area contributed by atoms with E-state index in [1.54, 1.807) is 6.07 Å². The highest BCUT2D eigenvalue weighted by Crippen LogP contribution is 2.24. The fourth-order valence-corrected chi connectivity index (χ4v) is 1.36. The molecule has 1 unspecified atom stereocenters. The fourth-order valence-electron chi connectivity index (χ4n) is 1.36. The third kappa shape index (κ3) is 3.79. The van der Waals surface area contributed by atoms with Crippen molar-refractivity contribution in [3.8, 4) is 5.75 Å². The number of hydrogen-bond acceptors (Lipinski definition) is 3. The summed E-state index contributed by atoms with van der Waals surface area (Å²) in [5.41, 5.74) is 6.56. The summed E-state index contributed by atoms with van der Waals surface area (Å²) in [5.74, 6) is 0.172. The van der Waals surface area contributed by atoms with Gasteiger partial charge in [-0.25, -0.2) is 4.39 Å². The van der Waals surface area contributed by atoms with Crippen LogP contribution >= 0.6 is 0 Å². The molecule has 90 valence electrons. The first-order chi connectivity index (χ1) is 7.65. The zero-order valence-electron chi connectivity index (χ0n) is 9.70. The molecule has 0 spiro atoms. The Bertz CT molecular complexity index is 329. The molecule has 0 heterocycles. The molecular formula is C12H18FNO2. The molecule has 4 heteroatoms. The highest BCUT2D eigenvalue weighted by molar-refractivity contribution is 5.36. The molecule has 3 nitrogen and oxygen atoms in total. The molecule has 0 bridgehead atoms. The minimum Gasteiger partial charge on any atom is -0.491 e. The Hall–Kier alpha value is -1.13. The maximum Gasteiger partial charge on any atom is 0.127 e. The van der Waals surface area contributed by atoms with Crippen molar-refractivity contribution in [1.29, 1.82) is 0 Å². The third-order valence-electron chi connectivity index (χ3n) is 2.16. The lowest BCUT2D eigenvalue weighted by Gasteiger charge is -2.13. The summed E-state index contributed by atoms with van der Waals surface area (Å²) in [4.78, 5) is 0. The summed E-state index contributed by atoms with van der Waals surface area (Å²) in [5, 5.41) is 0. The lowest BCUT2D eigenvalue weighted by atomic mass is 10.1. The molecule has 0 amide bonds. The zero-order valence-corrected chi connectivity index (χ0v) is 9.70. The average molecular weight is 227 g/mol. The van der Waals surface area contributed by atoms with E-state index in [4.69, 9.17) is 15.2 Å². The van der Waals surface area contributed by atoms with Gasteiger partial charge in [-0.3, -0.25) is 0 Å². The van der Waals surface area contributed by atoms with Gasteiger partial charge in [-0.15, -0.1) is 0 Å². The summed E-state index contributed by atoms with van der Waals surface area (Å²) in [6, 6.07) is 4.21. The first kappa shape index (κ1) is 12.9. The normalized spacial score (nSPS) is 12.5. The summed E-state index contributed by atoms with van der Waals surface area (Å²) in [7, 11) is 0. The lowest BCUT2D eigenvalue weighted by molar-refractivity contribution is 0.109. The van der Waals surface area contributed by atoms with E-state index in [9.17, 15) is 4.39 Å². The number of nitrogens with two attached hydrogens (primary N) is 1. The largest absolute Gasteiger partial charge is 0.491 e. The van der Waals surface area contributed by atoms with E-state index in [0.29, 0.717) is 25.6 Å². The molecule has 0 aliphatic heterocycles. The van der Waals surface area contributed by atoms with Crippen LogP contribution in [-0.4, -0.2) is 19.8 Å². The molecule has 0 radical (unpaired) electrons. The number of hydrogen-bond donors (Lipinski definition) is 1. The molecule has 1 atom stereocenters. The van der Waals surface area contributed by atoms with Gasteiger partial charge in [-0.05, 0) is 19.9 Å². The lowest BCUT2D eigenvalue weighted by Crippen LogP contribution is -2.11. The number of halogens is 1. The minimum atomic E-state index is -0.323. The Morgan fingerprint density at radius 1 is 1.38 bits per heavy atom. The van der Waals surface area contributed by atoms with E-state index in [1.165, 1.54) is 12.1 Å². The van der Waals surface area contributed by atoms with Crippen LogP contribution in [0.3, 0.4) is 0 Å². The topological polar surface area (TPSA) is 44.5 Å². The quantitative estimate of drug-likeness (QED) is 0.758. The van der Waals surface area contributed by atoms with E-state index < -0.39 is 0 Å². The Morgan fingerprint density at radius 2 is 2.12 bits per heavy atom. The maximum absolute atomic E-state index is 13.0. The van der Waals surface area contributed by atoms with Crippen molar-refractivity contribution in [1.82, 2.24) is 0 Å². The molecule has 2 N–H and O–H groups in total. The summed E-state index contributed by atoms with van der Waals surface area (Å²) >= 11 is 0. The first-order valence-corrected chi connectivity index (χ1v) is 5.40. The van der Waals surface area contributed by atoms with E-state index in [1.807, 2.05) is 13.8 Å². The van der Waals surface area contributed by atoms with Crippen LogP contribution < -0.4 is 10.5 Å². The van der Waals surface area contributed by atoms with Crippen LogP contribution in [-0.2, 0) is 4.74 Å². The number of benzene rings is 1. The molecule has 1 aromatic rings. The molecule has 0 saturated carbocycles. The van der Waals surface area contributed by atoms with Gasteiger partial charge in [0.15, 0.2) is 0 Å². The molecule has 1 aromatic carbocycles. The number of ether oxygens (including phenoxy) is 2. The van der Waals surface area contributed by atoms with Crippen molar-refractivity contribution in [3.63, 3.8) is 0 Å². The van der Waals surface area contributed by atoms with Gasteiger partial charge in [0.05, 0.1) is 6.61 Å². The molecule has 1 rings (SSSR count). The maximum atomic E-state index is 13.0. The fraction of sp³-hybridized carbons (Fsp3) is 0.500. The second-order valence-electron chi connectivity index (χ2n) is 3.52. The van der Waals surface area contributed by atoms with Crippen LogP contribution in [0.15, 0.2) is 18.2 Å². The first-order valence-electron chi connectivity index (χ1n) is 5.40. The van der Waals surface area contributed by atoms with Crippen molar-refractivity contribution in [2.75, 3.05) is 19.8 Å². The van der Waals surface area contributed by atoms with Crippen LogP contribution in [0, 0.1) is 5.82 Å². The van der Waals surface area contributed by atoms with Crippen molar-refractivity contribution >= 4 is 0 Å². The van der Waals surface area contributed by atoms with Gasteiger partial charge < -0.3 is 15.2 Å². The van der Waals surface area contributed by atoms with Crippen molar-refractivity contribution in [2.24, 2.45) is 5.73 Å². The Morgan fingerprint density at radius 3 is 2.75 bits per heavy atom. The van der Waals surface area contributed by atoms with E-state index in [2.05, 4.69) is 0 Å². The Balaban J connectivity index is 2.65. The van der Waals surface area contributed by atoms with Gasteiger partial charge in [0.2, 0.25) is 0 Å². The molecular weight excluding hydrogens is 209 g/mol. The molecule has 16 heavy (non-hydrogen) atoms. The highest BCUT2D eigenvalue weighted by Gasteiger charge is 2.09. The smallest absolute Gasteiger partial charge is 0.127 e. The third-order valence-corrected chi connectivity index (χ3v) is 2.16. The van der Waals surface area contributed by atoms with Gasteiger partial charge in [-0.1, -0.05) is 6.07 Å². The zero-order chi connectivity index (χ0) is 12.0. The van der Waals surface area contributed by atoms with Gasteiger partial charge in [-0.2, -0.15) is 0 Å². The van der Waals surface area contributed by atoms with E-state index in [-0.39, 0.29) is 11.9 Å². The Labute approximate surface area is 95.4 Å². The Kier molecular flexibility index (Phi) is 5.22. The standard InChI is InChI=1S/C12H18FNO2/c1-3-15-6-7-16-12-8-10(13)4-5-11(12)9(2)14/h4-5,8-9H,3,6-7,14H2,1-2H3. The SMILES string of the molecule is CCOCCOc1cc(F)ccc1C(C)N. The van der Waals surface area contributed by atoms with Crippen LogP contribution in [0.5, 0.6) is 5.75 Å². The van der Waals surface area contributed by atoms with Crippen LogP contribution in [0.4, 0.5) is 4.39 Å². The van der Waals surface area contributed by atoms with Crippen LogP contribution in [0.2, 0.25) is 0 Å². The predicted molar refractivity (Wildman–Crippen MR) is 61.0 cm³/mol. The predicted octanol–water partition coefficient (Wildman–Crippen LogP) is 2.26. The molecule has 0 saturated heterocycles. The molecule has 0 aromatic heterocycles. The van der Waals surface area contributed by atoms with Gasteiger partial charge in [0, 0.05) is 24.3 Å². The minimum absolute atomic E-state index is 0.178. The van der Waals surface area contributed by atoms with Crippen LogP contribution in [0.25, 0.3) is 0 Å². The van der Waals surface area contributed by atoms with Gasteiger partial charge >= 0.3 is 0 Å². The van der Waals surface area contributed by atoms with E-state index >= 15 is 0 Å². The summed E-state index contributed by atoms with van der Waals surface area (Å²) in [6.45, 7) is 5.29. The molecule has 0 aliphatic carbocycles.